The zero-order valence-electron chi connectivity index (χ0n) is 16.0. The quantitative estimate of drug-likeness (QED) is 0.728. The van der Waals surface area contributed by atoms with Gasteiger partial charge in [0.25, 0.3) is 0 Å². The van der Waals surface area contributed by atoms with Gasteiger partial charge in [-0.3, -0.25) is 5.41 Å². The summed E-state index contributed by atoms with van der Waals surface area (Å²) < 4.78 is 40.4. The molecule has 2 heterocycles. The van der Waals surface area contributed by atoms with Crippen LogP contribution in [0.1, 0.15) is 24.2 Å². The van der Waals surface area contributed by atoms with E-state index < -0.39 is 46.2 Å². The van der Waals surface area contributed by atoms with Gasteiger partial charge in [-0.1, -0.05) is 24.6 Å². The van der Waals surface area contributed by atoms with E-state index in [0.717, 1.165) is 18.2 Å². The van der Waals surface area contributed by atoms with E-state index in [-0.39, 0.29) is 16.1 Å². The van der Waals surface area contributed by atoms with Gasteiger partial charge in [-0.05, 0) is 36.4 Å². The lowest BCUT2D eigenvalue weighted by molar-refractivity contribution is -0.289. The molecule has 6 nitrogen and oxygen atoms in total. The second-order valence-corrected chi connectivity index (χ2v) is 7.82. The Balaban J connectivity index is 2.09. The summed E-state index contributed by atoms with van der Waals surface area (Å²) in [4.78, 5) is 0. The van der Waals surface area contributed by atoms with Crippen LogP contribution < -0.4 is 0 Å². The highest BCUT2D eigenvalue weighted by Gasteiger charge is 2.80. The summed E-state index contributed by atoms with van der Waals surface area (Å²) in [7, 11) is 0. The molecule has 0 saturated carbocycles. The van der Waals surface area contributed by atoms with Crippen LogP contribution in [0.4, 0.5) is 8.78 Å². The SMILES string of the molecule is CC1C2(c3ccc(F)cc3)OC(=N)C1(C#N)C(C#N)(C#N)C(c1c(F)cccc1Cl)O2. The van der Waals surface area contributed by atoms with Crippen molar-refractivity contribution in [2.45, 2.75) is 18.8 Å². The highest BCUT2D eigenvalue weighted by Crippen LogP contribution is 2.69. The van der Waals surface area contributed by atoms with Gasteiger partial charge in [-0.2, -0.15) is 15.8 Å². The minimum atomic E-state index is -2.36. The normalized spacial score (nSPS) is 30.5. The average molecular weight is 439 g/mol. The Morgan fingerprint density at radius 3 is 2.23 bits per heavy atom. The zero-order chi connectivity index (χ0) is 22.6. The van der Waals surface area contributed by atoms with Crippen molar-refractivity contribution in [3.05, 3.63) is 70.2 Å². The third kappa shape index (κ3) is 2.33. The first-order valence-corrected chi connectivity index (χ1v) is 9.51. The van der Waals surface area contributed by atoms with Crippen LogP contribution in [0.25, 0.3) is 0 Å². The fraction of sp³-hybridized carbons (Fsp3) is 0.273. The molecular formula is C22H13ClF2N4O2. The van der Waals surface area contributed by atoms with E-state index in [9.17, 15) is 24.6 Å². The van der Waals surface area contributed by atoms with Crippen LogP contribution >= 0.6 is 11.6 Å². The van der Waals surface area contributed by atoms with Crippen molar-refractivity contribution in [2.24, 2.45) is 16.7 Å². The molecule has 4 unspecified atom stereocenters. The number of halogens is 3. The van der Waals surface area contributed by atoms with Crippen molar-refractivity contribution in [3.63, 3.8) is 0 Å². The van der Waals surface area contributed by atoms with E-state index >= 15 is 0 Å². The molecule has 0 amide bonds. The lowest BCUT2D eigenvalue weighted by Crippen LogP contribution is -2.57. The van der Waals surface area contributed by atoms with Crippen molar-refractivity contribution >= 4 is 17.5 Å². The van der Waals surface area contributed by atoms with Crippen molar-refractivity contribution in [1.29, 1.82) is 21.2 Å². The van der Waals surface area contributed by atoms with Gasteiger partial charge in [0, 0.05) is 16.1 Å². The van der Waals surface area contributed by atoms with Crippen molar-refractivity contribution < 1.29 is 18.3 Å². The van der Waals surface area contributed by atoms with Crippen molar-refractivity contribution in [2.75, 3.05) is 0 Å². The molecule has 0 aromatic heterocycles. The Morgan fingerprint density at radius 2 is 1.68 bits per heavy atom. The van der Waals surface area contributed by atoms with Gasteiger partial charge in [-0.25, -0.2) is 8.78 Å². The second-order valence-electron chi connectivity index (χ2n) is 7.41. The van der Waals surface area contributed by atoms with Crippen molar-refractivity contribution in [3.8, 4) is 18.2 Å². The number of hydrogen-bond donors (Lipinski definition) is 1. The molecule has 2 aliphatic rings. The van der Waals surface area contributed by atoms with Gasteiger partial charge in [0.1, 0.15) is 17.7 Å². The monoisotopic (exact) mass is 438 g/mol. The molecule has 0 radical (unpaired) electrons. The maximum absolute atomic E-state index is 14.9. The first-order chi connectivity index (χ1) is 14.7. The number of benzene rings is 2. The summed E-state index contributed by atoms with van der Waals surface area (Å²) in [6.07, 6.45) is -1.68. The highest BCUT2D eigenvalue weighted by atomic mass is 35.5. The molecule has 2 fully saturated rings. The minimum Gasteiger partial charge on any atom is -0.443 e. The molecular weight excluding hydrogens is 426 g/mol. The van der Waals surface area contributed by atoms with Gasteiger partial charge in [0.05, 0.1) is 24.1 Å². The third-order valence-electron chi connectivity index (χ3n) is 6.18. The largest absolute Gasteiger partial charge is 0.443 e. The molecule has 4 atom stereocenters. The predicted molar refractivity (Wildman–Crippen MR) is 103 cm³/mol. The smallest absolute Gasteiger partial charge is 0.244 e. The first kappa shape index (κ1) is 20.8. The van der Waals surface area contributed by atoms with Crippen LogP contribution in [0.5, 0.6) is 0 Å². The summed E-state index contributed by atoms with van der Waals surface area (Å²) >= 11 is 6.23. The zero-order valence-corrected chi connectivity index (χ0v) is 16.7. The van der Waals surface area contributed by atoms with Gasteiger partial charge >= 0.3 is 0 Å². The third-order valence-corrected chi connectivity index (χ3v) is 6.51. The van der Waals surface area contributed by atoms with Gasteiger partial charge in [0.2, 0.25) is 17.1 Å². The summed E-state index contributed by atoms with van der Waals surface area (Å²) in [6.45, 7) is 1.50. The fourth-order valence-electron chi connectivity index (χ4n) is 4.57. The molecule has 0 spiro atoms. The van der Waals surface area contributed by atoms with Crippen LogP contribution in [0.15, 0.2) is 42.5 Å². The summed E-state index contributed by atoms with van der Waals surface area (Å²) in [5.41, 5.74) is -4.53. The molecule has 2 aromatic rings. The lowest BCUT2D eigenvalue weighted by Gasteiger charge is -2.48. The highest BCUT2D eigenvalue weighted by molar-refractivity contribution is 6.31. The molecule has 1 N–H and O–H groups in total. The molecule has 2 saturated heterocycles. The summed E-state index contributed by atoms with van der Waals surface area (Å²) in [5.74, 6) is -4.96. The Labute approximate surface area is 181 Å². The van der Waals surface area contributed by atoms with Crippen LogP contribution in [0, 0.1) is 67.8 Å². The number of ether oxygens (including phenoxy) is 2. The van der Waals surface area contributed by atoms with Crippen LogP contribution in [-0.2, 0) is 15.3 Å². The Bertz CT molecular complexity index is 1200. The Kier molecular flexibility index (Phi) is 4.52. The second kappa shape index (κ2) is 6.75. The maximum atomic E-state index is 14.9. The summed E-state index contributed by atoms with van der Waals surface area (Å²) in [5, 5.41) is 38.8. The molecule has 4 rings (SSSR count). The Hall–Kier alpha value is -3.51. The minimum absolute atomic E-state index is 0.122. The molecule has 9 heteroatoms. The predicted octanol–water partition coefficient (Wildman–Crippen LogP) is 4.73. The number of nitrogens with zero attached hydrogens (tertiary/aromatic N) is 3. The number of hydrogen-bond acceptors (Lipinski definition) is 6. The molecule has 31 heavy (non-hydrogen) atoms. The number of nitrogens with one attached hydrogen (secondary N) is 1. The van der Waals surface area contributed by atoms with Crippen LogP contribution in [0.2, 0.25) is 5.02 Å². The number of nitriles is 3. The van der Waals surface area contributed by atoms with E-state index in [2.05, 4.69) is 0 Å². The topological polar surface area (TPSA) is 114 Å². The van der Waals surface area contributed by atoms with E-state index in [0.29, 0.717) is 0 Å². The molecule has 0 aliphatic carbocycles. The lowest BCUT2D eigenvalue weighted by atomic mass is 9.53. The molecule has 2 bridgehead atoms. The van der Waals surface area contributed by atoms with Crippen LogP contribution in [-0.4, -0.2) is 5.90 Å². The van der Waals surface area contributed by atoms with Gasteiger partial charge in [-0.15, -0.1) is 0 Å². The van der Waals surface area contributed by atoms with Gasteiger partial charge in [0.15, 0.2) is 5.41 Å². The number of rotatable bonds is 2. The summed E-state index contributed by atoms with van der Waals surface area (Å²) in [6, 6.07) is 14.3. The van der Waals surface area contributed by atoms with E-state index in [1.54, 1.807) is 0 Å². The molecule has 2 aromatic carbocycles. The van der Waals surface area contributed by atoms with E-state index in [4.69, 9.17) is 26.5 Å². The fourth-order valence-corrected chi connectivity index (χ4v) is 4.83. The molecule has 2 aliphatic heterocycles. The van der Waals surface area contributed by atoms with Gasteiger partial charge < -0.3 is 9.47 Å². The Morgan fingerprint density at radius 1 is 1.03 bits per heavy atom. The standard InChI is InChI=1S/C22H13ClF2N4O2/c1-12-21(11-28)19(29)31-22(12,13-5-7-14(24)8-6-13)30-18(20(21,9-26)10-27)17-15(23)3-2-4-16(17)25/h2-8,12,18,29H,1H3. The van der Waals surface area contributed by atoms with Crippen LogP contribution in [0.3, 0.4) is 0 Å². The van der Waals surface area contributed by atoms with Crippen molar-refractivity contribution in [1.82, 2.24) is 0 Å². The van der Waals surface area contributed by atoms with E-state index in [1.807, 2.05) is 18.2 Å². The first-order valence-electron chi connectivity index (χ1n) is 9.13. The van der Waals surface area contributed by atoms with E-state index in [1.165, 1.54) is 31.2 Å². The molecule has 154 valence electrons. The average Bonchev–Trinajstić information content (AvgIpc) is 2.91. The maximum Gasteiger partial charge on any atom is 0.244 e. The number of fused-ring (bicyclic) bond motifs is 2.